The lowest BCUT2D eigenvalue weighted by molar-refractivity contribution is -0.870. The molecule has 0 bridgehead atoms. The molecule has 378 valence electrons. The van der Waals surface area contributed by atoms with E-state index in [-0.39, 0.29) is 26.2 Å². The van der Waals surface area contributed by atoms with E-state index in [2.05, 4.69) is 148 Å². The Hall–Kier alpha value is -3.62. The molecule has 0 aromatic heterocycles. The normalized spacial score (nSPS) is 14.8. The maximum atomic E-state index is 12.7. The number of carbonyl (C=O) groups is 1. The molecule has 9 heteroatoms. The van der Waals surface area contributed by atoms with Crippen LogP contribution in [0.5, 0.6) is 0 Å². The zero-order valence-corrected chi connectivity index (χ0v) is 43.7. The summed E-state index contributed by atoms with van der Waals surface area (Å²) >= 11 is 0. The molecule has 0 aliphatic heterocycles. The van der Waals surface area contributed by atoms with E-state index in [1.807, 2.05) is 33.3 Å². The predicted molar refractivity (Wildman–Crippen MR) is 288 cm³/mol. The summed E-state index contributed by atoms with van der Waals surface area (Å²) in [6.07, 6.45) is 73.4. The summed E-state index contributed by atoms with van der Waals surface area (Å²) in [5.74, 6) is -0.406. The van der Waals surface area contributed by atoms with Crippen LogP contribution >= 0.6 is 7.82 Å². The molecule has 8 nitrogen and oxygen atoms in total. The molecular formula is C58H95NO7P+. The van der Waals surface area contributed by atoms with Gasteiger partial charge in [-0.15, -0.1) is 0 Å². The molecule has 0 heterocycles. The van der Waals surface area contributed by atoms with Crippen molar-refractivity contribution in [2.24, 2.45) is 0 Å². The Bertz CT molecular complexity index is 1570. The Kier molecular flexibility index (Phi) is 46.2. The Labute approximate surface area is 410 Å². The molecular weight excluding hydrogens is 854 g/mol. The quantitative estimate of drug-likeness (QED) is 0.0214. The van der Waals surface area contributed by atoms with Crippen molar-refractivity contribution in [2.45, 2.75) is 161 Å². The Morgan fingerprint density at radius 3 is 1.22 bits per heavy atom. The summed E-state index contributed by atoms with van der Waals surface area (Å²) < 4.78 is 35.0. The molecule has 0 spiro atoms. The maximum absolute atomic E-state index is 12.7. The molecule has 0 aromatic carbocycles. The van der Waals surface area contributed by atoms with Crippen LogP contribution in [0.1, 0.15) is 155 Å². The van der Waals surface area contributed by atoms with Crippen molar-refractivity contribution in [2.75, 3.05) is 54.1 Å². The van der Waals surface area contributed by atoms with E-state index < -0.39 is 19.9 Å². The summed E-state index contributed by atoms with van der Waals surface area (Å²) in [6, 6.07) is 0. The SMILES string of the molecule is CC/C=C\C/C=C\C/C=C\C/C=C\C/C=C\C/C=C\CCCCCCCCCOCC(COP(=O)(O)OCC[N+](C)(C)C)OC(=O)CC/C=C\C/C=C\C/C=C\C/C=C\C/C=C\C/C=C\CC. The number of hydrogen-bond donors (Lipinski definition) is 1. The molecule has 0 amide bonds. The molecule has 1 N–H and O–H groups in total. The standard InChI is InChI=1S/C58H94NO7P/c1-6-8-10-12-14-16-18-20-22-24-26-27-28-29-30-31-32-34-36-38-40-42-44-46-48-50-53-63-55-57(56-65-67(61,62)64-54-52-59(3,4)5)66-58(60)51-49-47-45-43-41-39-37-35-33-25-23-21-19-17-15-13-11-9-7-2/h8-11,14-17,20-23,26-27,29-30,32-35,39,41,45,47,57H,6-7,12-13,18-19,24-25,28,31,36-38,40,42-44,46,48-56H2,1-5H3/p+1/b10-8-,11-9-,16-14-,17-15-,22-20-,23-21-,27-26-,30-29-,34-32-,35-33-,41-39-,47-45-. The molecule has 2 unspecified atom stereocenters. The average molecular weight is 949 g/mol. The van der Waals surface area contributed by atoms with E-state index in [1.165, 1.54) is 25.7 Å². The first kappa shape index (κ1) is 63.4. The van der Waals surface area contributed by atoms with Gasteiger partial charge in [0.25, 0.3) is 0 Å². The van der Waals surface area contributed by atoms with Gasteiger partial charge in [-0.1, -0.05) is 192 Å². The fourth-order valence-electron chi connectivity index (χ4n) is 6.05. The van der Waals surface area contributed by atoms with Crippen molar-refractivity contribution >= 4 is 13.8 Å². The number of carbonyl (C=O) groups excluding carboxylic acids is 1. The fraction of sp³-hybridized carbons (Fsp3) is 0.569. The lowest BCUT2D eigenvalue weighted by Gasteiger charge is -2.24. The van der Waals surface area contributed by atoms with Gasteiger partial charge in [0.15, 0.2) is 0 Å². The first-order valence-electron chi connectivity index (χ1n) is 25.6. The van der Waals surface area contributed by atoms with Gasteiger partial charge in [-0.3, -0.25) is 13.8 Å². The minimum Gasteiger partial charge on any atom is -0.457 e. The predicted octanol–water partition coefficient (Wildman–Crippen LogP) is 16.1. The van der Waals surface area contributed by atoms with Crippen LogP contribution in [0.2, 0.25) is 0 Å². The number of phosphoric acid groups is 1. The molecule has 0 rings (SSSR count). The Morgan fingerprint density at radius 1 is 0.463 bits per heavy atom. The van der Waals surface area contributed by atoms with Gasteiger partial charge >= 0.3 is 13.8 Å². The molecule has 0 aliphatic carbocycles. The van der Waals surface area contributed by atoms with E-state index in [0.29, 0.717) is 24.1 Å². The van der Waals surface area contributed by atoms with E-state index in [4.69, 9.17) is 18.5 Å². The van der Waals surface area contributed by atoms with Gasteiger partial charge < -0.3 is 18.9 Å². The van der Waals surface area contributed by atoms with Gasteiger partial charge in [0, 0.05) is 13.0 Å². The highest BCUT2D eigenvalue weighted by Gasteiger charge is 2.26. The van der Waals surface area contributed by atoms with Crippen LogP contribution in [0.4, 0.5) is 0 Å². The Balaban J connectivity index is 4.31. The topological polar surface area (TPSA) is 91.3 Å². The first-order chi connectivity index (χ1) is 32.6. The second kappa shape index (κ2) is 48.8. The molecule has 67 heavy (non-hydrogen) atoms. The van der Waals surface area contributed by atoms with Crippen LogP contribution in [-0.2, 0) is 27.9 Å². The van der Waals surface area contributed by atoms with E-state index in [1.54, 1.807) is 0 Å². The van der Waals surface area contributed by atoms with E-state index in [0.717, 1.165) is 103 Å². The van der Waals surface area contributed by atoms with Crippen LogP contribution in [0.3, 0.4) is 0 Å². The lowest BCUT2D eigenvalue weighted by Crippen LogP contribution is -2.37. The summed E-state index contributed by atoms with van der Waals surface area (Å²) in [5, 5.41) is 0. The van der Waals surface area contributed by atoms with Crippen LogP contribution in [0.25, 0.3) is 0 Å². The highest BCUT2D eigenvalue weighted by atomic mass is 31.2. The van der Waals surface area contributed by atoms with Gasteiger partial charge in [0.1, 0.15) is 19.3 Å². The number of esters is 1. The third-order valence-electron chi connectivity index (χ3n) is 9.91. The monoisotopic (exact) mass is 949 g/mol. The van der Waals surface area contributed by atoms with Crippen molar-refractivity contribution in [1.82, 2.24) is 0 Å². The van der Waals surface area contributed by atoms with Crippen molar-refractivity contribution in [1.29, 1.82) is 0 Å². The van der Waals surface area contributed by atoms with Gasteiger partial charge in [-0.2, -0.15) is 0 Å². The van der Waals surface area contributed by atoms with Crippen LogP contribution < -0.4 is 0 Å². The van der Waals surface area contributed by atoms with Crippen molar-refractivity contribution in [3.05, 3.63) is 146 Å². The summed E-state index contributed by atoms with van der Waals surface area (Å²) in [6.45, 7) is 5.22. The Morgan fingerprint density at radius 2 is 0.821 bits per heavy atom. The zero-order chi connectivity index (χ0) is 49.0. The molecule has 0 saturated heterocycles. The average Bonchev–Trinajstić information content (AvgIpc) is 3.29. The number of likely N-dealkylation sites (N-methyl/N-ethyl adjacent to an activating group) is 1. The van der Waals surface area contributed by atoms with Crippen LogP contribution in [0.15, 0.2) is 146 Å². The third kappa shape index (κ3) is 53.2. The van der Waals surface area contributed by atoms with Gasteiger partial charge in [-0.25, -0.2) is 4.57 Å². The highest BCUT2D eigenvalue weighted by molar-refractivity contribution is 7.47. The zero-order valence-electron chi connectivity index (χ0n) is 42.8. The van der Waals surface area contributed by atoms with Crippen molar-refractivity contribution < 1.29 is 37.3 Å². The summed E-state index contributed by atoms with van der Waals surface area (Å²) in [7, 11) is 1.59. The highest BCUT2D eigenvalue weighted by Crippen LogP contribution is 2.43. The molecule has 0 aromatic rings. The maximum Gasteiger partial charge on any atom is 0.472 e. The number of unbranched alkanes of at least 4 members (excludes halogenated alkanes) is 7. The third-order valence-corrected chi connectivity index (χ3v) is 10.9. The van der Waals surface area contributed by atoms with Gasteiger partial charge in [0.05, 0.1) is 34.4 Å². The minimum absolute atomic E-state index is 0.0632. The largest absolute Gasteiger partial charge is 0.472 e. The molecule has 0 radical (unpaired) electrons. The van der Waals surface area contributed by atoms with Gasteiger partial charge in [0.2, 0.25) is 0 Å². The smallest absolute Gasteiger partial charge is 0.457 e. The summed E-state index contributed by atoms with van der Waals surface area (Å²) in [4.78, 5) is 23.0. The molecule has 2 atom stereocenters. The number of hydrogen-bond acceptors (Lipinski definition) is 6. The summed E-state index contributed by atoms with van der Waals surface area (Å²) in [5.41, 5.74) is 0. The number of quaternary nitrogens is 1. The number of ether oxygens (including phenoxy) is 2. The minimum atomic E-state index is -4.32. The molecule has 0 saturated carbocycles. The van der Waals surface area contributed by atoms with Crippen molar-refractivity contribution in [3.8, 4) is 0 Å². The lowest BCUT2D eigenvalue weighted by atomic mass is 10.1. The second-order valence-electron chi connectivity index (χ2n) is 17.4. The number of allylic oxidation sites excluding steroid dienone is 24. The number of rotatable bonds is 45. The van der Waals surface area contributed by atoms with E-state index in [9.17, 15) is 14.3 Å². The van der Waals surface area contributed by atoms with Gasteiger partial charge in [-0.05, 0) is 103 Å². The van der Waals surface area contributed by atoms with Crippen molar-refractivity contribution in [3.63, 3.8) is 0 Å². The number of phosphoric ester groups is 1. The second-order valence-corrected chi connectivity index (χ2v) is 18.9. The van der Waals surface area contributed by atoms with Crippen LogP contribution in [0, 0.1) is 0 Å². The number of nitrogens with zero attached hydrogens (tertiary/aromatic N) is 1. The van der Waals surface area contributed by atoms with Crippen LogP contribution in [-0.4, -0.2) is 75.6 Å². The molecule has 0 fully saturated rings. The fourth-order valence-corrected chi connectivity index (χ4v) is 6.79. The first-order valence-corrected chi connectivity index (χ1v) is 27.1. The molecule has 0 aliphatic rings. The van der Waals surface area contributed by atoms with E-state index >= 15 is 0 Å².